The third kappa shape index (κ3) is 3.29. The maximum atomic E-state index is 13.6. The zero-order chi connectivity index (χ0) is 14.7. The Kier molecular flexibility index (Phi) is 4.96. The van der Waals surface area contributed by atoms with Crippen LogP contribution in [0, 0.1) is 21.8 Å². The smallest absolute Gasteiger partial charge is 0.293 e. The predicted octanol–water partition coefficient (Wildman–Crippen LogP) is 4.88. The Hall–Kier alpha value is -1.17. The monoisotopic (exact) mass is 344 g/mol. The van der Waals surface area contributed by atoms with Gasteiger partial charge in [-0.3, -0.25) is 10.1 Å². The topological polar surface area (TPSA) is 55.2 Å². The zero-order valence-corrected chi connectivity index (χ0v) is 13.0. The molecule has 1 aliphatic carbocycles. The lowest BCUT2D eigenvalue weighted by molar-refractivity contribution is -0.384. The van der Waals surface area contributed by atoms with E-state index in [2.05, 4.69) is 28.2 Å². The molecule has 1 fully saturated rings. The molecule has 1 aromatic rings. The number of rotatable bonds is 4. The van der Waals surface area contributed by atoms with E-state index in [1.165, 1.54) is 18.6 Å². The SMILES string of the molecule is CCC1CCCCC1Nc1cc(F)c(Br)cc1[N+](=O)[O-]. The van der Waals surface area contributed by atoms with E-state index in [4.69, 9.17) is 0 Å². The van der Waals surface area contributed by atoms with Crippen molar-refractivity contribution < 1.29 is 9.31 Å². The van der Waals surface area contributed by atoms with Gasteiger partial charge in [0.2, 0.25) is 0 Å². The van der Waals surface area contributed by atoms with Gasteiger partial charge in [-0.1, -0.05) is 26.2 Å². The Balaban J connectivity index is 2.27. The normalized spacial score (nSPS) is 22.6. The molecule has 20 heavy (non-hydrogen) atoms. The number of nitrogens with zero attached hydrogens (tertiary/aromatic N) is 1. The summed E-state index contributed by atoms with van der Waals surface area (Å²) in [6, 6.07) is 2.62. The summed E-state index contributed by atoms with van der Waals surface area (Å²) in [6.45, 7) is 2.13. The summed E-state index contributed by atoms with van der Waals surface area (Å²) in [7, 11) is 0. The summed E-state index contributed by atoms with van der Waals surface area (Å²) in [4.78, 5) is 10.6. The molecule has 1 aliphatic rings. The van der Waals surface area contributed by atoms with Gasteiger partial charge in [-0.2, -0.15) is 0 Å². The summed E-state index contributed by atoms with van der Waals surface area (Å²) in [5.74, 6) is 0.0111. The quantitative estimate of drug-likeness (QED) is 0.625. The average molecular weight is 345 g/mol. The van der Waals surface area contributed by atoms with Crippen LogP contribution in [0.5, 0.6) is 0 Å². The Labute approximate surface area is 126 Å². The highest BCUT2D eigenvalue weighted by molar-refractivity contribution is 9.10. The number of nitro benzene ring substituents is 1. The van der Waals surface area contributed by atoms with Gasteiger partial charge < -0.3 is 5.32 Å². The van der Waals surface area contributed by atoms with Crippen LogP contribution in [0.15, 0.2) is 16.6 Å². The number of nitro groups is 1. The van der Waals surface area contributed by atoms with E-state index in [0.717, 1.165) is 25.7 Å². The highest BCUT2D eigenvalue weighted by Gasteiger charge is 2.26. The van der Waals surface area contributed by atoms with Crippen LogP contribution in [-0.4, -0.2) is 11.0 Å². The van der Waals surface area contributed by atoms with Gasteiger partial charge in [0.25, 0.3) is 5.69 Å². The molecule has 0 heterocycles. The fraction of sp³-hybridized carbons (Fsp3) is 0.571. The van der Waals surface area contributed by atoms with Gasteiger partial charge in [0.15, 0.2) is 0 Å². The van der Waals surface area contributed by atoms with Crippen molar-refractivity contribution in [1.29, 1.82) is 0 Å². The van der Waals surface area contributed by atoms with Gasteiger partial charge in [-0.15, -0.1) is 0 Å². The van der Waals surface area contributed by atoms with Gasteiger partial charge >= 0.3 is 0 Å². The molecule has 0 aliphatic heterocycles. The van der Waals surface area contributed by atoms with Crippen LogP contribution in [0.25, 0.3) is 0 Å². The van der Waals surface area contributed by atoms with Crippen LogP contribution in [0.1, 0.15) is 39.0 Å². The summed E-state index contributed by atoms with van der Waals surface area (Å²) < 4.78 is 13.8. The number of hydrogen-bond acceptors (Lipinski definition) is 3. The number of benzene rings is 1. The van der Waals surface area contributed by atoms with Crippen LogP contribution in [0.4, 0.5) is 15.8 Å². The Morgan fingerprint density at radius 1 is 1.45 bits per heavy atom. The summed E-state index contributed by atoms with van der Waals surface area (Å²) in [5.41, 5.74) is 0.194. The molecule has 2 unspecified atom stereocenters. The standard InChI is InChI=1S/C14H18BrFN2O2/c1-2-9-5-3-4-6-12(9)17-13-8-11(16)10(15)7-14(13)18(19)20/h7-9,12,17H,2-6H2,1H3. The molecule has 0 bridgehead atoms. The second kappa shape index (κ2) is 6.52. The molecule has 1 N–H and O–H groups in total. The van der Waals surface area contributed by atoms with Gasteiger partial charge in [-0.05, 0) is 34.7 Å². The van der Waals surface area contributed by atoms with Crippen molar-refractivity contribution in [1.82, 2.24) is 0 Å². The molecule has 110 valence electrons. The van der Waals surface area contributed by atoms with E-state index >= 15 is 0 Å². The van der Waals surface area contributed by atoms with E-state index in [9.17, 15) is 14.5 Å². The lowest BCUT2D eigenvalue weighted by atomic mass is 9.83. The summed E-state index contributed by atoms with van der Waals surface area (Å²) in [6.07, 6.45) is 5.45. The molecule has 0 radical (unpaired) electrons. The summed E-state index contributed by atoms with van der Waals surface area (Å²) >= 11 is 2.99. The van der Waals surface area contributed by atoms with Crippen LogP contribution in [0.3, 0.4) is 0 Å². The number of hydrogen-bond donors (Lipinski definition) is 1. The Morgan fingerprint density at radius 3 is 2.80 bits per heavy atom. The highest BCUT2D eigenvalue weighted by atomic mass is 79.9. The fourth-order valence-electron chi connectivity index (χ4n) is 2.89. The van der Waals surface area contributed by atoms with Crippen molar-refractivity contribution in [2.45, 2.75) is 45.1 Å². The first-order valence-corrected chi connectivity index (χ1v) is 7.72. The van der Waals surface area contributed by atoms with E-state index in [0.29, 0.717) is 5.92 Å². The van der Waals surface area contributed by atoms with Crippen molar-refractivity contribution in [3.05, 3.63) is 32.5 Å². The number of nitrogens with one attached hydrogen (secondary N) is 1. The van der Waals surface area contributed by atoms with Crippen molar-refractivity contribution in [2.24, 2.45) is 5.92 Å². The molecule has 2 rings (SSSR count). The molecular weight excluding hydrogens is 327 g/mol. The number of anilines is 1. The molecule has 0 amide bonds. The zero-order valence-electron chi connectivity index (χ0n) is 11.4. The maximum Gasteiger partial charge on any atom is 0.293 e. The minimum atomic E-state index is -0.484. The molecule has 6 heteroatoms. The largest absolute Gasteiger partial charge is 0.376 e. The summed E-state index contributed by atoms with van der Waals surface area (Å²) in [5, 5.41) is 14.3. The first-order valence-electron chi connectivity index (χ1n) is 6.93. The van der Waals surface area contributed by atoms with Crippen molar-refractivity contribution in [2.75, 3.05) is 5.32 Å². The fourth-order valence-corrected chi connectivity index (χ4v) is 3.22. The number of halogens is 2. The van der Waals surface area contributed by atoms with E-state index in [1.54, 1.807) is 0 Å². The molecule has 0 aromatic heterocycles. The molecule has 0 spiro atoms. The molecule has 4 nitrogen and oxygen atoms in total. The van der Waals surface area contributed by atoms with Gasteiger partial charge in [0.1, 0.15) is 11.5 Å². The average Bonchev–Trinajstić information content (AvgIpc) is 2.43. The van der Waals surface area contributed by atoms with Crippen LogP contribution in [-0.2, 0) is 0 Å². The molecule has 0 saturated heterocycles. The van der Waals surface area contributed by atoms with Gasteiger partial charge in [-0.25, -0.2) is 4.39 Å². The van der Waals surface area contributed by atoms with Crippen molar-refractivity contribution in [3.8, 4) is 0 Å². The van der Waals surface area contributed by atoms with Gasteiger partial charge in [0, 0.05) is 18.2 Å². The second-order valence-corrected chi connectivity index (χ2v) is 6.10. The molecular formula is C14H18BrFN2O2. The first-order chi connectivity index (χ1) is 9.52. The van der Waals surface area contributed by atoms with E-state index in [1.807, 2.05) is 0 Å². The van der Waals surface area contributed by atoms with E-state index < -0.39 is 10.7 Å². The first kappa shape index (κ1) is 15.2. The minimum absolute atomic E-state index is 0.0845. The molecule has 2 atom stereocenters. The van der Waals surface area contributed by atoms with Crippen LogP contribution >= 0.6 is 15.9 Å². The minimum Gasteiger partial charge on any atom is -0.376 e. The van der Waals surface area contributed by atoms with Crippen LogP contribution in [0.2, 0.25) is 0 Å². The van der Waals surface area contributed by atoms with Crippen LogP contribution < -0.4 is 5.32 Å². The third-order valence-corrected chi connectivity index (χ3v) is 4.62. The van der Waals surface area contributed by atoms with Crippen molar-refractivity contribution in [3.63, 3.8) is 0 Å². The third-order valence-electron chi connectivity index (χ3n) is 4.01. The Bertz CT molecular complexity index is 510. The van der Waals surface area contributed by atoms with E-state index in [-0.39, 0.29) is 21.9 Å². The lowest BCUT2D eigenvalue weighted by Crippen LogP contribution is -2.32. The second-order valence-electron chi connectivity index (χ2n) is 5.24. The highest BCUT2D eigenvalue weighted by Crippen LogP contribution is 2.35. The molecule has 1 saturated carbocycles. The molecule has 1 aromatic carbocycles. The lowest BCUT2D eigenvalue weighted by Gasteiger charge is -2.32. The van der Waals surface area contributed by atoms with Gasteiger partial charge in [0.05, 0.1) is 9.40 Å². The van der Waals surface area contributed by atoms with Crippen molar-refractivity contribution >= 4 is 27.3 Å². The predicted molar refractivity (Wildman–Crippen MR) is 80.4 cm³/mol. The Morgan fingerprint density at radius 2 is 2.15 bits per heavy atom. The maximum absolute atomic E-state index is 13.6.